The maximum Gasteiger partial charge on any atom is 0.343 e. The molecule has 2 aliphatic heterocycles. The quantitative estimate of drug-likeness (QED) is 0.797. The van der Waals surface area contributed by atoms with Crippen LogP contribution in [-0.4, -0.2) is 53.9 Å². The lowest BCUT2D eigenvalue weighted by Gasteiger charge is -2.35. The zero-order chi connectivity index (χ0) is 13.4. The predicted molar refractivity (Wildman–Crippen MR) is 60.8 cm³/mol. The molecule has 18 heavy (non-hydrogen) atoms. The van der Waals surface area contributed by atoms with Crippen molar-refractivity contribution in [2.24, 2.45) is 5.41 Å². The first-order valence-electron chi connectivity index (χ1n) is 6.17. The minimum absolute atomic E-state index is 0.134. The number of halogens is 1. The van der Waals surface area contributed by atoms with Crippen molar-refractivity contribution < 1.29 is 23.8 Å². The molecule has 0 unspecified atom stereocenters. The number of hydrogen-bond acceptors (Lipinski definition) is 3. The van der Waals surface area contributed by atoms with Gasteiger partial charge in [0.25, 0.3) is 0 Å². The van der Waals surface area contributed by atoms with Crippen molar-refractivity contribution >= 4 is 11.9 Å². The van der Waals surface area contributed by atoms with Crippen molar-refractivity contribution in [1.29, 1.82) is 0 Å². The minimum atomic E-state index is -2.29. The minimum Gasteiger partial charge on any atom is -0.479 e. The maximum absolute atomic E-state index is 13.9. The average molecular weight is 259 g/mol. The molecule has 0 radical (unpaired) electrons. The summed E-state index contributed by atoms with van der Waals surface area (Å²) in [6.45, 7) is 2.58. The number of carboxylic acid groups (broad SMARTS) is 1. The number of carbonyl (C=O) groups is 2. The van der Waals surface area contributed by atoms with E-state index in [1.54, 1.807) is 6.92 Å². The number of rotatable bonds is 2. The lowest BCUT2D eigenvalue weighted by molar-refractivity contribution is -0.152. The SMILES string of the molecule is C[C@]1(C(=O)N2CC[C@@](F)(C(=O)O)C2)CCCOC1. The Kier molecular flexibility index (Phi) is 3.31. The van der Waals surface area contributed by atoms with Crippen LogP contribution in [0.25, 0.3) is 0 Å². The maximum atomic E-state index is 13.9. The molecule has 0 saturated carbocycles. The van der Waals surface area contributed by atoms with E-state index in [0.29, 0.717) is 19.6 Å². The Balaban J connectivity index is 2.05. The van der Waals surface area contributed by atoms with E-state index in [0.717, 1.165) is 6.42 Å². The van der Waals surface area contributed by atoms with E-state index in [9.17, 15) is 14.0 Å². The van der Waals surface area contributed by atoms with Crippen LogP contribution in [0.4, 0.5) is 4.39 Å². The monoisotopic (exact) mass is 259 g/mol. The summed E-state index contributed by atoms with van der Waals surface area (Å²) >= 11 is 0. The second-order valence-corrected chi connectivity index (χ2v) is 5.46. The van der Waals surface area contributed by atoms with Crippen LogP contribution < -0.4 is 0 Å². The number of aliphatic carboxylic acids is 1. The second-order valence-electron chi connectivity index (χ2n) is 5.46. The Morgan fingerprint density at radius 3 is 2.61 bits per heavy atom. The van der Waals surface area contributed by atoms with Gasteiger partial charge < -0.3 is 14.7 Å². The molecule has 0 aromatic carbocycles. The van der Waals surface area contributed by atoms with Crippen molar-refractivity contribution in [2.45, 2.75) is 31.9 Å². The van der Waals surface area contributed by atoms with Gasteiger partial charge in [0.1, 0.15) is 0 Å². The van der Waals surface area contributed by atoms with Crippen molar-refractivity contribution in [3.8, 4) is 0 Å². The largest absolute Gasteiger partial charge is 0.479 e. The van der Waals surface area contributed by atoms with E-state index < -0.39 is 17.1 Å². The highest BCUT2D eigenvalue weighted by atomic mass is 19.1. The molecule has 2 saturated heterocycles. The van der Waals surface area contributed by atoms with Crippen LogP contribution >= 0.6 is 0 Å². The van der Waals surface area contributed by atoms with Gasteiger partial charge in [-0.15, -0.1) is 0 Å². The zero-order valence-corrected chi connectivity index (χ0v) is 10.4. The summed E-state index contributed by atoms with van der Waals surface area (Å²) in [4.78, 5) is 24.5. The molecule has 0 bridgehead atoms. The van der Waals surface area contributed by atoms with E-state index >= 15 is 0 Å². The lowest BCUT2D eigenvalue weighted by atomic mass is 9.83. The molecule has 2 heterocycles. The van der Waals surface area contributed by atoms with Gasteiger partial charge in [-0.05, 0) is 19.8 Å². The summed E-state index contributed by atoms with van der Waals surface area (Å²) in [6.07, 6.45) is 1.37. The Labute approximate surface area is 105 Å². The summed E-state index contributed by atoms with van der Waals surface area (Å²) in [5, 5.41) is 8.81. The second kappa shape index (κ2) is 4.50. The number of hydrogen-bond donors (Lipinski definition) is 1. The fraction of sp³-hybridized carbons (Fsp3) is 0.833. The van der Waals surface area contributed by atoms with Gasteiger partial charge in [-0.25, -0.2) is 9.18 Å². The molecule has 0 aromatic heterocycles. The van der Waals surface area contributed by atoms with Gasteiger partial charge in [-0.2, -0.15) is 0 Å². The number of nitrogens with zero attached hydrogens (tertiary/aromatic N) is 1. The van der Waals surface area contributed by atoms with Crippen LogP contribution in [-0.2, 0) is 14.3 Å². The van der Waals surface area contributed by atoms with E-state index in [4.69, 9.17) is 9.84 Å². The highest BCUT2D eigenvalue weighted by molar-refractivity contribution is 5.85. The first kappa shape index (κ1) is 13.3. The molecule has 2 aliphatic rings. The topological polar surface area (TPSA) is 66.8 Å². The van der Waals surface area contributed by atoms with Crippen LogP contribution in [0.2, 0.25) is 0 Å². The van der Waals surface area contributed by atoms with E-state index in [-0.39, 0.29) is 25.4 Å². The highest BCUT2D eigenvalue weighted by Gasteiger charge is 2.50. The molecule has 102 valence electrons. The molecule has 0 spiro atoms. The first-order valence-corrected chi connectivity index (χ1v) is 6.17. The van der Waals surface area contributed by atoms with Gasteiger partial charge >= 0.3 is 5.97 Å². The Bertz CT molecular complexity index is 367. The molecule has 2 fully saturated rings. The summed E-state index contributed by atoms with van der Waals surface area (Å²) in [5.41, 5.74) is -2.93. The molecule has 1 N–H and O–H groups in total. The number of amides is 1. The predicted octanol–water partition coefficient (Wildman–Crippen LogP) is 0.828. The Morgan fingerprint density at radius 1 is 1.39 bits per heavy atom. The van der Waals surface area contributed by atoms with E-state index in [2.05, 4.69) is 0 Å². The Morgan fingerprint density at radius 2 is 2.11 bits per heavy atom. The van der Waals surface area contributed by atoms with Crippen LogP contribution in [0.5, 0.6) is 0 Å². The van der Waals surface area contributed by atoms with Crippen molar-refractivity contribution in [3.05, 3.63) is 0 Å². The van der Waals surface area contributed by atoms with Gasteiger partial charge in [0, 0.05) is 19.6 Å². The van der Waals surface area contributed by atoms with Gasteiger partial charge in [0.15, 0.2) is 0 Å². The third kappa shape index (κ3) is 2.21. The summed E-state index contributed by atoms with van der Waals surface area (Å²) in [7, 11) is 0. The van der Waals surface area contributed by atoms with Gasteiger partial charge in [0.05, 0.1) is 18.6 Å². The summed E-state index contributed by atoms with van der Waals surface area (Å²) < 4.78 is 19.2. The fourth-order valence-corrected chi connectivity index (χ4v) is 2.61. The molecule has 6 heteroatoms. The summed E-state index contributed by atoms with van der Waals surface area (Å²) in [6, 6.07) is 0. The number of alkyl halides is 1. The normalized spacial score (nSPS) is 36.7. The van der Waals surface area contributed by atoms with Crippen LogP contribution in [0.3, 0.4) is 0 Å². The molecule has 5 nitrogen and oxygen atoms in total. The van der Waals surface area contributed by atoms with Crippen molar-refractivity contribution in [2.75, 3.05) is 26.3 Å². The average Bonchev–Trinajstić information content (AvgIpc) is 2.73. The standard InChI is InChI=1S/C12H18FNO4/c1-11(3-2-6-18-8-11)9(15)14-5-4-12(13,7-14)10(16)17/h2-8H2,1H3,(H,16,17)/t11-,12-/m0/s1. The van der Waals surface area contributed by atoms with Gasteiger partial charge in [-0.3, -0.25) is 4.79 Å². The highest BCUT2D eigenvalue weighted by Crippen LogP contribution is 2.34. The smallest absolute Gasteiger partial charge is 0.343 e. The zero-order valence-electron chi connectivity index (χ0n) is 10.4. The molecule has 2 atom stereocenters. The lowest BCUT2D eigenvalue weighted by Crippen LogP contribution is -2.47. The molecule has 0 aliphatic carbocycles. The van der Waals surface area contributed by atoms with Crippen LogP contribution in [0, 0.1) is 5.41 Å². The number of carboxylic acids is 1. The van der Waals surface area contributed by atoms with E-state index in [1.807, 2.05) is 0 Å². The third-order valence-corrected chi connectivity index (χ3v) is 3.84. The molecular weight excluding hydrogens is 241 g/mol. The molecule has 2 rings (SSSR count). The molecular formula is C12H18FNO4. The first-order chi connectivity index (χ1) is 8.37. The van der Waals surface area contributed by atoms with Gasteiger partial charge in [0.2, 0.25) is 11.6 Å². The van der Waals surface area contributed by atoms with Crippen molar-refractivity contribution in [3.63, 3.8) is 0 Å². The van der Waals surface area contributed by atoms with Crippen LogP contribution in [0.15, 0.2) is 0 Å². The van der Waals surface area contributed by atoms with Gasteiger partial charge in [-0.1, -0.05) is 0 Å². The van der Waals surface area contributed by atoms with Crippen molar-refractivity contribution in [1.82, 2.24) is 4.90 Å². The summed E-state index contributed by atoms with van der Waals surface area (Å²) in [5.74, 6) is -1.68. The number of carbonyl (C=O) groups excluding carboxylic acids is 1. The fourth-order valence-electron chi connectivity index (χ4n) is 2.61. The third-order valence-electron chi connectivity index (χ3n) is 3.84. The molecule has 1 amide bonds. The Hall–Kier alpha value is -1.17. The molecule has 0 aromatic rings. The number of ether oxygens (including phenoxy) is 1. The number of likely N-dealkylation sites (tertiary alicyclic amines) is 1. The van der Waals surface area contributed by atoms with E-state index in [1.165, 1.54) is 4.90 Å². The van der Waals surface area contributed by atoms with Crippen LogP contribution in [0.1, 0.15) is 26.2 Å².